The Kier molecular flexibility index (Phi) is 8.59. The first-order valence-electron chi connectivity index (χ1n) is 13.6. The Morgan fingerprint density at radius 3 is 2.56 bits per heavy atom. The van der Waals surface area contributed by atoms with Crippen LogP contribution in [0.5, 0.6) is 0 Å². The Hall–Kier alpha value is -2.88. The molecule has 0 unspecified atom stereocenters. The summed E-state index contributed by atoms with van der Waals surface area (Å²) in [6, 6.07) is 6.54. The molecule has 2 saturated heterocycles. The standard InChI is InChI=1S/C29H34ClN5O3S/c1-18-6-7-21(13-22(18)30)28-25(17-35-10-4-3-5-19(35)2)39-27(33-28)14-24(36)23-15-32-26(16-31-23)34-11-8-20(9-12-34)29(37)38/h6-7,13,15-16,19-20H,3-5,8-12,14,17H2,1-2H3,(H,37,38)/t19-/m1/s1. The van der Waals surface area contributed by atoms with E-state index in [4.69, 9.17) is 16.6 Å². The second-order valence-corrected chi connectivity index (χ2v) is 12.2. The van der Waals surface area contributed by atoms with E-state index < -0.39 is 5.97 Å². The summed E-state index contributed by atoms with van der Waals surface area (Å²) in [5.74, 6) is -0.511. The van der Waals surface area contributed by atoms with Gasteiger partial charge in [-0.3, -0.25) is 14.5 Å². The van der Waals surface area contributed by atoms with Gasteiger partial charge in [-0.15, -0.1) is 11.3 Å². The summed E-state index contributed by atoms with van der Waals surface area (Å²) >= 11 is 8.05. The monoisotopic (exact) mass is 567 g/mol. The fourth-order valence-corrected chi connectivity index (χ4v) is 6.63. The third-order valence-electron chi connectivity index (χ3n) is 7.88. The van der Waals surface area contributed by atoms with E-state index in [0.717, 1.165) is 39.8 Å². The van der Waals surface area contributed by atoms with Crippen LogP contribution >= 0.6 is 22.9 Å². The van der Waals surface area contributed by atoms with Gasteiger partial charge >= 0.3 is 5.97 Å². The molecule has 0 bridgehead atoms. The Bertz CT molecular complexity index is 1340. The lowest BCUT2D eigenvalue weighted by atomic mass is 9.97. The average Bonchev–Trinajstić information content (AvgIpc) is 3.33. The van der Waals surface area contributed by atoms with Crippen LogP contribution in [0, 0.1) is 12.8 Å². The number of aryl methyl sites for hydroxylation is 1. The highest BCUT2D eigenvalue weighted by molar-refractivity contribution is 7.12. The quantitative estimate of drug-likeness (QED) is 0.348. The van der Waals surface area contributed by atoms with Crippen molar-refractivity contribution in [2.24, 2.45) is 5.92 Å². The third kappa shape index (κ3) is 6.48. The summed E-state index contributed by atoms with van der Waals surface area (Å²) in [5.41, 5.74) is 3.19. The van der Waals surface area contributed by atoms with E-state index in [1.165, 1.54) is 25.5 Å². The Morgan fingerprint density at radius 1 is 1.10 bits per heavy atom. The zero-order valence-corrected chi connectivity index (χ0v) is 24.0. The average molecular weight is 568 g/mol. The van der Waals surface area contributed by atoms with E-state index in [-0.39, 0.29) is 18.1 Å². The summed E-state index contributed by atoms with van der Waals surface area (Å²) in [7, 11) is 0. The zero-order valence-electron chi connectivity index (χ0n) is 22.4. The third-order valence-corrected chi connectivity index (χ3v) is 9.33. The van der Waals surface area contributed by atoms with Crippen LogP contribution in [0.2, 0.25) is 5.02 Å². The van der Waals surface area contributed by atoms with Crippen molar-refractivity contribution in [2.75, 3.05) is 24.5 Å². The van der Waals surface area contributed by atoms with Crippen molar-refractivity contribution in [1.82, 2.24) is 19.9 Å². The van der Waals surface area contributed by atoms with E-state index in [0.29, 0.717) is 48.5 Å². The van der Waals surface area contributed by atoms with Crippen molar-refractivity contribution in [3.63, 3.8) is 0 Å². The number of carbonyl (C=O) groups is 2. The summed E-state index contributed by atoms with van der Waals surface area (Å²) in [6.07, 6.45) is 8.11. The van der Waals surface area contributed by atoms with Crippen LogP contribution in [0.4, 0.5) is 5.82 Å². The molecular formula is C29H34ClN5O3S. The molecule has 2 aromatic heterocycles. The molecule has 10 heteroatoms. The van der Waals surface area contributed by atoms with Gasteiger partial charge in [0.2, 0.25) is 0 Å². The molecule has 0 spiro atoms. The number of carboxylic acids is 1. The van der Waals surface area contributed by atoms with Crippen LogP contribution in [0.15, 0.2) is 30.6 Å². The molecule has 2 aliphatic rings. The number of carbonyl (C=O) groups excluding carboxylic acids is 1. The molecule has 1 aromatic carbocycles. The maximum atomic E-state index is 13.2. The highest BCUT2D eigenvalue weighted by Gasteiger charge is 2.26. The van der Waals surface area contributed by atoms with Crippen LogP contribution in [-0.4, -0.2) is 62.4 Å². The van der Waals surface area contributed by atoms with Gasteiger partial charge in [0.15, 0.2) is 5.78 Å². The number of benzene rings is 1. The van der Waals surface area contributed by atoms with E-state index in [1.807, 2.05) is 24.0 Å². The van der Waals surface area contributed by atoms with Crippen molar-refractivity contribution in [1.29, 1.82) is 0 Å². The molecule has 5 rings (SSSR count). The van der Waals surface area contributed by atoms with Crippen LogP contribution < -0.4 is 4.90 Å². The number of hydrogen-bond donors (Lipinski definition) is 1. The van der Waals surface area contributed by atoms with Gasteiger partial charge in [0.05, 0.1) is 30.4 Å². The maximum Gasteiger partial charge on any atom is 0.306 e. The summed E-state index contributed by atoms with van der Waals surface area (Å²) in [4.78, 5) is 43.9. The van der Waals surface area contributed by atoms with E-state index in [1.54, 1.807) is 17.5 Å². The van der Waals surface area contributed by atoms with Gasteiger partial charge in [0.25, 0.3) is 0 Å². The van der Waals surface area contributed by atoms with Crippen LogP contribution in [-0.2, 0) is 17.8 Å². The van der Waals surface area contributed by atoms with Gasteiger partial charge in [0.1, 0.15) is 16.5 Å². The maximum absolute atomic E-state index is 13.2. The fraction of sp³-hybridized carbons (Fsp3) is 0.483. The summed E-state index contributed by atoms with van der Waals surface area (Å²) in [5, 5.41) is 10.7. The number of hydrogen-bond acceptors (Lipinski definition) is 8. The number of piperidine rings is 2. The molecule has 4 heterocycles. The number of halogens is 1. The van der Waals surface area contributed by atoms with Gasteiger partial charge in [-0.25, -0.2) is 15.0 Å². The van der Waals surface area contributed by atoms with Gasteiger partial charge in [-0.2, -0.15) is 0 Å². The molecule has 3 aromatic rings. The number of likely N-dealkylation sites (tertiary alicyclic amines) is 1. The molecule has 0 saturated carbocycles. The van der Waals surface area contributed by atoms with Crippen molar-refractivity contribution in [2.45, 2.75) is 65.0 Å². The van der Waals surface area contributed by atoms with Crippen molar-refractivity contribution < 1.29 is 14.7 Å². The highest BCUT2D eigenvalue weighted by Crippen LogP contribution is 2.34. The molecule has 39 heavy (non-hydrogen) atoms. The first-order valence-corrected chi connectivity index (χ1v) is 14.8. The Morgan fingerprint density at radius 2 is 1.90 bits per heavy atom. The molecule has 2 fully saturated rings. The predicted molar refractivity (Wildman–Crippen MR) is 154 cm³/mol. The van der Waals surface area contributed by atoms with Gasteiger partial charge < -0.3 is 10.0 Å². The lowest BCUT2D eigenvalue weighted by Crippen LogP contribution is -2.36. The Labute approximate surface area is 238 Å². The van der Waals surface area contributed by atoms with E-state index in [9.17, 15) is 14.7 Å². The van der Waals surface area contributed by atoms with Crippen molar-refractivity contribution in [3.05, 3.63) is 56.8 Å². The first kappa shape index (κ1) is 27.7. The van der Waals surface area contributed by atoms with Crippen molar-refractivity contribution in [3.8, 4) is 11.3 Å². The number of nitrogens with zero attached hydrogens (tertiary/aromatic N) is 5. The summed E-state index contributed by atoms with van der Waals surface area (Å²) in [6.45, 7) is 7.37. The number of rotatable bonds is 8. The number of Topliss-reactive ketones (excluding diaryl/α,β-unsaturated/α-hetero) is 1. The van der Waals surface area contributed by atoms with E-state index in [2.05, 4.69) is 27.9 Å². The summed E-state index contributed by atoms with van der Waals surface area (Å²) < 4.78 is 0. The minimum Gasteiger partial charge on any atom is -0.481 e. The largest absolute Gasteiger partial charge is 0.481 e. The second-order valence-electron chi connectivity index (χ2n) is 10.6. The molecule has 1 N–H and O–H groups in total. The molecule has 0 amide bonds. The van der Waals surface area contributed by atoms with E-state index >= 15 is 0 Å². The highest BCUT2D eigenvalue weighted by atomic mass is 35.5. The van der Waals surface area contributed by atoms with Gasteiger partial charge in [-0.1, -0.05) is 30.2 Å². The number of carboxylic acid groups (broad SMARTS) is 1. The molecule has 0 aliphatic carbocycles. The number of aliphatic carboxylic acids is 1. The van der Waals surface area contributed by atoms with Crippen LogP contribution in [0.1, 0.15) is 65.0 Å². The molecule has 1 atom stereocenters. The Balaban J connectivity index is 1.32. The first-order chi connectivity index (χ1) is 18.8. The van der Waals surface area contributed by atoms with Crippen LogP contribution in [0.25, 0.3) is 11.3 Å². The molecule has 2 aliphatic heterocycles. The van der Waals surface area contributed by atoms with Crippen molar-refractivity contribution >= 4 is 40.5 Å². The topological polar surface area (TPSA) is 99.5 Å². The number of anilines is 1. The predicted octanol–water partition coefficient (Wildman–Crippen LogP) is 5.66. The van der Waals surface area contributed by atoms with Crippen LogP contribution in [0.3, 0.4) is 0 Å². The van der Waals surface area contributed by atoms with Gasteiger partial charge in [-0.05, 0) is 57.7 Å². The lowest BCUT2D eigenvalue weighted by molar-refractivity contribution is -0.142. The number of ketones is 1. The SMILES string of the molecule is Cc1ccc(-c2nc(CC(=O)c3cnc(N4CCC(C(=O)O)CC4)cn3)sc2CN2CCCC[C@H]2C)cc1Cl. The normalized spacial score (nSPS) is 18.8. The zero-order chi connectivity index (χ0) is 27.5. The number of aromatic nitrogens is 3. The minimum absolute atomic E-state index is 0.126. The minimum atomic E-state index is -0.744. The molecule has 8 nitrogen and oxygen atoms in total. The van der Waals surface area contributed by atoms with Gasteiger partial charge in [0, 0.05) is 41.1 Å². The lowest BCUT2D eigenvalue weighted by Gasteiger charge is -2.33. The number of thiazole rings is 1. The smallest absolute Gasteiger partial charge is 0.306 e. The molecule has 0 radical (unpaired) electrons. The second kappa shape index (κ2) is 12.1. The molecule has 206 valence electrons. The molecular weight excluding hydrogens is 534 g/mol. The fourth-order valence-electron chi connectivity index (χ4n) is 5.34.